The molecule has 0 radical (unpaired) electrons. The number of carbonyl (C=O) groups is 2. The van der Waals surface area contributed by atoms with Crippen molar-refractivity contribution < 1.29 is 14.0 Å². The van der Waals surface area contributed by atoms with E-state index in [0.717, 1.165) is 17.9 Å². The summed E-state index contributed by atoms with van der Waals surface area (Å²) >= 11 is 0. The standard InChI is InChI=1S/C22H24N2O3/c1-14-5-2-3-7-18(14)21(25)24-20(13-17-6-4-10-27-17)22(26)23-19-12-15-8-9-16(19)11-15/h2-7,10,13,15-16,19H,8-9,11-12H2,1H3,(H,23,26)(H,24,25)/b20-13-/t15-,16-,19+/m0/s1. The molecule has 2 amide bonds. The van der Waals surface area contributed by atoms with Crippen LogP contribution >= 0.6 is 0 Å². The Morgan fingerprint density at radius 1 is 1.11 bits per heavy atom. The van der Waals surface area contributed by atoms with Gasteiger partial charge in [0.05, 0.1) is 6.26 Å². The van der Waals surface area contributed by atoms with Crippen molar-refractivity contribution in [3.05, 3.63) is 65.2 Å². The molecule has 3 atom stereocenters. The Hall–Kier alpha value is -2.82. The molecule has 0 unspecified atom stereocenters. The van der Waals surface area contributed by atoms with Crippen molar-refractivity contribution in [2.75, 3.05) is 0 Å². The average Bonchev–Trinajstić information content (AvgIpc) is 3.39. The molecule has 0 saturated heterocycles. The number of amides is 2. The van der Waals surface area contributed by atoms with E-state index in [2.05, 4.69) is 10.6 Å². The zero-order chi connectivity index (χ0) is 18.8. The van der Waals surface area contributed by atoms with E-state index < -0.39 is 0 Å². The molecule has 2 N–H and O–H groups in total. The number of aryl methyl sites for hydroxylation is 1. The Morgan fingerprint density at radius 3 is 2.63 bits per heavy atom. The van der Waals surface area contributed by atoms with Crippen LogP contribution in [0.3, 0.4) is 0 Å². The fourth-order valence-electron chi connectivity index (χ4n) is 4.36. The van der Waals surface area contributed by atoms with Crippen LogP contribution < -0.4 is 10.6 Å². The third-order valence-corrected chi connectivity index (χ3v) is 5.77. The first-order chi connectivity index (χ1) is 13.1. The highest BCUT2D eigenvalue weighted by atomic mass is 16.3. The Labute approximate surface area is 158 Å². The van der Waals surface area contributed by atoms with E-state index in [4.69, 9.17) is 4.42 Å². The molecule has 0 aliphatic heterocycles. The van der Waals surface area contributed by atoms with Crippen LogP contribution in [0.2, 0.25) is 0 Å². The van der Waals surface area contributed by atoms with Gasteiger partial charge in [-0.25, -0.2) is 0 Å². The van der Waals surface area contributed by atoms with Gasteiger partial charge in [-0.15, -0.1) is 0 Å². The summed E-state index contributed by atoms with van der Waals surface area (Å²) in [6, 6.07) is 11.0. The molecule has 2 aromatic rings. The summed E-state index contributed by atoms with van der Waals surface area (Å²) in [6.07, 6.45) is 7.83. The molecule has 2 aliphatic carbocycles. The van der Waals surface area contributed by atoms with Gasteiger partial charge in [-0.2, -0.15) is 0 Å². The highest BCUT2D eigenvalue weighted by Crippen LogP contribution is 2.44. The summed E-state index contributed by atoms with van der Waals surface area (Å²) in [5, 5.41) is 5.91. The molecule has 2 fully saturated rings. The Bertz CT molecular complexity index is 869. The summed E-state index contributed by atoms with van der Waals surface area (Å²) in [7, 11) is 0. The monoisotopic (exact) mass is 364 g/mol. The smallest absolute Gasteiger partial charge is 0.268 e. The van der Waals surface area contributed by atoms with Crippen LogP contribution in [0.4, 0.5) is 0 Å². The van der Waals surface area contributed by atoms with Crippen molar-refractivity contribution in [1.29, 1.82) is 0 Å². The molecule has 1 heterocycles. The summed E-state index contributed by atoms with van der Waals surface area (Å²) in [5.41, 5.74) is 1.62. The normalized spacial score (nSPS) is 24.0. The molecule has 4 rings (SSSR count). The van der Waals surface area contributed by atoms with Crippen LogP contribution in [0.1, 0.15) is 47.4 Å². The molecule has 140 valence electrons. The highest BCUT2D eigenvalue weighted by Gasteiger charge is 2.40. The largest absolute Gasteiger partial charge is 0.465 e. The number of carbonyl (C=O) groups excluding carboxylic acids is 2. The molecule has 5 nitrogen and oxygen atoms in total. The lowest BCUT2D eigenvalue weighted by molar-refractivity contribution is -0.118. The molecule has 5 heteroatoms. The van der Waals surface area contributed by atoms with E-state index in [1.807, 2.05) is 25.1 Å². The molecule has 2 aliphatic rings. The van der Waals surface area contributed by atoms with Crippen molar-refractivity contribution in [2.24, 2.45) is 11.8 Å². The minimum absolute atomic E-state index is 0.201. The molecule has 1 aromatic carbocycles. The van der Waals surface area contributed by atoms with E-state index >= 15 is 0 Å². The fraction of sp³-hybridized carbons (Fsp3) is 0.364. The number of hydrogen-bond acceptors (Lipinski definition) is 3. The second-order valence-electron chi connectivity index (χ2n) is 7.60. The van der Waals surface area contributed by atoms with E-state index in [-0.39, 0.29) is 23.6 Å². The lowest BCUT2D eigenvalue weighted by Crippen LogP contribution is -2.42. The van der Waals surface area contributed by atoms with Gasteiger partial charge < -0.3 is 15.1 Å². The van der Waals surface area contributed by atoms with Gasteiger partial charge in [-0.3, -0.25) is 9.59 Å². The first-order valence-corrected chi connectivity index (χ1v) is 9.53. The van der Waals surface area contributed by atoms with Crippen LogP contribution in [-0.2, 0) is 4.79 Å². The quantitative estimate of drug-likeness (QED) is 0.796. The third-order valence-electron chi connectivity index (χ3n) is 5.77. The molecular formula is C22H24N2O3. The maximum Gasteiger partial charge on any atom is 0.268 e. The van der Waals surface area contributed by atoms with Gasteiger partial charge in [0, 0.05) is 17.7 Å². The Morgan fingerprint density at radius 2 is 1.96 bits per heavy atom. The maximum absolute atomic E-state index is 12.9. The highest BCUT2D eigenvalue weighted by molar-refractivity contribution is 6.05. The Kier molecular flexibility index (Phi) is 4.84. The first-order valence-electron chi connectivity index (χ1n) is 9.53. The molecule has 0 spiro atoms. The first kappa shape index (κ1) is 17.6. The van der Waals surface area contributed by atoms with Crippen molar-refractivity contribution in [1.82, 2.24) is 10.6 Å². The summed E-state index contributed by atoms with van der Waals surface area (Å²) in [6.45, 7) is 1.88. The van der Waals surface area contributed by atoms with Gasteiger partial charge in [0.15, 0.2) is 0 Å². The van der Waals surface area contributed by atoms with Crippen molar-refractivity contribution >= 4 is 17.9 Å². The maximum atomic E-state index is 12.9. The van der Waals surface area contributed by atoms with Crippen LogP contribution in [0.25, 0.3) is 6.08 Å². The van der Waals surface area contributed by atoms with Crippen LogP contribution in [0.5, 0.6) is 0 Å². The van der Waals surface area contributed by atoms with Crippen LogP contribution in [-0.4, -0.2) is 17.9 Å². The number of benzene rings is 1. The number of rotatable bonds is 5. The van der Waals surface area contributed by atoms with Gasteiger partial charge in [0.1, 0.15) is 11.5 Å². The van der Waals surface area contributed by atoms with Gasteiger partial charge in [-0.1, -0.05) is 24.6 Å². The second-order valence-corrected chi connectivity index (χ2v) is 7.60. The van der Waals surface area contributed by atoms with Gasteiger partial charge in [-0.05, 0) is 61.8 Å². The minimum atomic E-state index is -0.297. The van der Waals surface area contributed by atoms with Gasteiger partial charge in [0.2, 0.25) is 0 Å². The lowest BCUT2D eigenvalue weighted by atomic mass is 9.95. The molecule has 1 aromatic heterocycles. The number of fused-ring (bicyclic) bond motifs is 2. The van der Waals surface area contributed by atoms with Gasteiger partial charge in [0.25, 0.3) is 11.8 Å². The van der Waals surface area contributed by atoms with E-state index in [0.29, 0.717) is 17.2 Å². The predicted molar refractivity (Wildman–Crippen MR) is 103 cm³/mol. The average molecular weight is 364 g/mol. The predicted octanol–water partition coefficient (Wildman–Crippen LogP) is 3.66. The summed E-state index contributed by atoms with van der Waals surface area (Å²) < 4.78 is 5.34. The van der Waals surface area contributed by atoms with Crippen molar-refractivity contribution in [3.63, 3.8) is 0 Å². The van der Waals surface area contributed by atoms with Crippen LogP contribution in [0.15, 0.2) is 52.8 Å². The minimum Gasteiger partial charge on any atom is -0.465 e. The van der Waals surface area contributed by atoms with Gasteiger partial charge >= 0.3 is 0 Å². The molecule has 2 saturated carbocycles. The molecular weight excluding hydrogens is 340 g/mol. The summed E-state index contributed by atoms with van der Waals surface area (Å²) in [5.74, 6) is 1.27. The second kappa shape index (κ2) is 7.43. The number of hydrogen-bond donors (Lipinski definition) is 2. The third kappa shape index (κ3) is 3.82. The topological polar surface area (TPSA) is 71.3 Å². The zero-order valence-corrected chi connectivity index (χ0v) is 15.4. The van der Waals surface area contributed by atoms with Crippen LogP contribution in [0, 0.1) is 18.8 Å². The summed E-state index contributed by atoms with van der Waals surface area (Å²) in [4.78, 5) is 25.6. The van der Waals surface area contributed by atoms with E-state index in [9.17, 15) is 9.59 Å². The van der Waals surface area contributed by atoms with E-state index in [1.165, 1.54) is 19.3 Å². The fourth-order valence-corrected chi connectivity index (χ4v) is 4.36. The van der Waals surface area contributed by atoms with E-state index in [1.54, 1.807) is 30.5 Å². The SMILES string of the molecule is Cc1ccccc1C(=O)N/C(=C\c1ccco1)C(=O)N[C@@H]1C[C@H]2CC[C@H]1C2. The lowest BCUT2D eigenvalue weighted by Gasteiger charge is -2.23. The van der Waals surface area contributed by atoms with Crippen molar-refractivity contribution in [3.8, 4) is 0 Å². The number of furan rings is 1. The van der Waals surface area contributed by atoms with Crippen molar-refractivity contribution in [2.45, 2.75) is 38.6 Å². The number of nitrogens with one attached hydrogen (secondary N) is 2. The molecule has 27 heavy (non-hydrogen) atoms. The molecule has 2 bridgehead atoms. The Balaban J connectivity index is 1.53. The zero-order valence-electron chi connectivity index (χ0n) is 15.4.